The first-order valence-corrected chi connectivity index (χ1v) is 11.6. The number of nitrogens with one attached hydrogen (secondary N) is 1. The third kappa shape index (κ3) is 4.26. The van der Waals surface area contributed by atoms with Gasteiger partial charge in [-0.1, -0.05) is 39.9 Å². The molecule has 0 aliphatic carbocycles. The highest BCUT2D eigenvalue weighted by atomic mass is 35.5. The van der Waals surface area contributed by atoms with Crippen molar-refractivity contribution in [1.82, 2.24) is 15.2 Å². The quantitative estimate of drug-likeness (QED) is 0.147. The van der Waals surface area contributed by atoms with Crippen molar-refractivity contribution in [2.45, 2.75) is 29.8 Å². The molecule has 0 saturated carbocycles. The van der Waals surface area contributed by atoms with Crippen LogP contribution in [0, 0.1) is 0 Å². The van der Waals surface area contributed by atoms with Crippen molar-refractivity contribution < 1.29 is 29.3 Å². The van der Waals surface area contributed by atoms with Crippen LogP contribution < -0.4 is 15.6 Å². The average molecular weight is 510 g/mol. The van der Waals surface area contributed by atoms with Gasteiger partial charge in [0.25, 0.3) is 11.8 Å². The molecule has 0 bridgehead atoms. The number of hydrogen-bond donors (Lipinski definition) is 4. The van der Waals surface area contributed by atoms with Crippen molar-refractivity contribution in [1.29, 1.82) is 0 Å². The number of carbonyl (C=O) groups is 3. The summed E-state index contributed by atoms with van der Waals surface area (Å²) in [6.07, 6.45) is 4.56. The molecule has 0 aromatic carbocycles. The number of rotatable bonds is 6. The fourth-order valence-corrected chi connectivity index (χ4v) is 5.67. The van der Waals surface area contributed by atoms with Gasteiger partial charge in [0.2, 0.25) is 0 Å². The van der Waals surface area contributed by atoms with Crippen molar-refractivity contribution in [2.24, 2.45) is 12.2 Å². The minimum absolute atomic E-state index is 0.0574. The molecular weight excluding hydrogens is 492 g/mol. The highest BCUT2D eigenvalue weighted by Gasteiger charge is 2.53. The van der Waals surface area contributed by atoms with Crippen LogP contribution in [0.25, 0.3) is 0 Å². The van der Waals surface area contributed by atoms with Crippen LogP contribution in [0.5, 0.6) is 0 Å². The number of aryl methyl sites for hydroxylation is 1. The molecule has 2 amide bonds. The number of nitrogen functional groups attached to an aromatic ring is 1. The molecule has 0 spiro atoms. The second-order valence-electron chi connectivity index (χ2n) is 7.27. The van der Waals surface area contributed by atoms with Crippen LogP contribution in [0.15, 0.2) is 45.2 Å². The van der Waals surface area contributed by atoms with Gasteiger partial charge in [0.15, 0.2) is 23.2 Å². The molecule has 5 N–H and O–H groups in total. The van der Waals surface area contributed by atoms with E-state index >= 15 is 0 Å². The second kappa shape index (κ2) is 9.00. The van der Waals surface area contributed by atoms with E-state index < -0.39 is 35.6 Å². The van der Waals surface area contributed by atoms with Gasteiger partial charge in [0.1, 0.15) is 28.8 Å². The number of aromatic nitrogens is 2. The molecule has 11 nitrogen and oxygen atoms in total. The first-order valence-electron chi connectivity index (χ1n) is 9.59. The molecule has 0 radical (unpaired) electrons. The standard InChI is InChI=1S/C19H17ClN6O5S2/c1-25-6-4-8(5-7-25)32-10-3-2-9-11(17(28)26(9)14(10)18(29)30)22-16(27)13(24-31)12-15(20)33-19(21)23-12/h4-7,9,11H,2-3H2,1H3,(H4-,21,22,23,27,29,30,31)/p+1/t9-,11+/m1/s1. The molecular formula is C19H18ClN6O5S2+. The summed E-state index contributed by atoms with van der Waals surface area (Å²) in [5, 5.41) is 24.6. The minimum Gasteiger partial charge on any atom is -0.477 e. The van der Waals surface area contributed by atoms with E-state index in [1.54, 1.807) is 0 Å². The Balaban J connectivity index is 1.53. The maximum atomic E-state index is 12.8. The summed E-state index contributed by atoms with van der Waals surface area (Å²) in [7, 11) is 1.87. The number of amides is 2. The SMILES string of the molecule is C[n+]1ccc(SC2=C(C(=O)O)N3C(=O)[C@@H](NC(=O)/C(=N\O)c4nc(N)sc4Cl)[C@H]3CC2)cc1. The molecule has 4 rings (SSSR count). The number of β-lactam (4-membered cyclic amide) rings is 1. The van der Waals surface area contributed by atoms with Gasteiger partial charge in [-0.3, -0.25) is 14.5 Å². The number of fused-ring (bicyclic) bond motifs is 1. The molecule has 14 heteroatoms. The first-order chi connectivity index (χ1) is 15.7. The summed E-state index contributed by atoms with van der Waals surface area (Å²) in [6.45, 7) is 0. The Morgan fingerprint density at radius 1 is 1.42 bits per heavy atom. The number of carboxylic acid groups (broad SMARTS) is 1. The predicted molar refractivity (Wildman–Crippen MR) is 120 cm³/mol. The highest BCUT2D eigenvalue weighted by Crippen LogP contribution is 2.43. The fourth-order valence-electron chi connectivity index (χ4n) is 3.70. The number of carboxylic acids is 1. The maximum Gasteiger partial charge on any atom is 0.353 e. The summed E-state index contributed by atoms with van der Waals surface area (Å²) < 4.78 is 1.92. The number of nitrogens with zero attached hydrogens (tertiary/aromatic N) is 4. The topological polar surface area (TPSA) is 162 Å². The number of thiazole rings is 1. The van der Waals surface area contributed by atoms with E-state index in [2.05, 4.69) is 15.5 Å². The third-order valence-electron chi connectivity index (χ3n) is 5.21. The smallest absolute Gasteiger partial charge is 0.353 e. The zero-order valence-electron chi connectivity index (χ0n) is 17.1. The molecule has 1 saturated heterocycles. The number of halogens is 1. The van der Waals surface area contributed by atoms with Crippen LogP contribution in [0.3, 0.4) is 0 Å². The van der Waals surface area contributed by atoms with Crippen molar-refractivity contribution >= 4 is 63.3 Å². The van der Waals surface area contributed by atoms with Crippen LogP contribution in [0.4, 0.5) is 5.13 Å². The first kappa shape index (κ1) is 23.0. The Kier molecular flexibility index (Phi) is 6.28. The summed E-state index contributed by atoms with van der Waals surface area (Å²) >= 11 is 8.18. The number of carbonyl (C=O) groups excluding carboxylic acids is 2. The summed E-state index contributed by atoms with van der Waals surface area (Å²) in [6, 6.07) is 2.20. The van der Waals surface area contributed by atoms with Gasteiger partial charge in [-0.2, -0.15) is 0 Å². The molecule has 2 aromatic rings. The van der Waals surface area contributed by atoms with E-state index in [9.17, 15) is 24.7 Å². The largest absolute Gasteiger partial charge is 0.477 e. The number of oxime groups is 1. The van der Waals surface area contributed by atoms with Gasteiger partial charge in [0.05, 0.1) is 6.04 Å². The van der Waals surface area contributed by atoms with E-state index in [0.717, 1.165) is 16.2 Å². The Morgan fingerprint density at radius 2 is 2.12 bits per heavy atom. The van der Waals surface area contributed by atoms with E-state index in [4.69, 9.17) is 17.3 Å². The van der Waals surface area contributed by atoms with Gasteiger partial charge in [-0.05, 0) is 12.8 Å². The zero-order chi connectivity index (χ0) is 23.9. The van der Waals surface area contributed by atoms with E-state index in [-0.39, 0.29) is 20.9 Å². The Hall–Kier alpha value is -3.16. The number of allylic oxidation sites excluding steroid dienone is 1. The Bertz CT molecular complexity index is 1210. The molecule has 2 aliphatic rings. The van der Waals surface area contributed by atoms with E-state index in [1.807, 2.05) is 36.1 Å². The average Bonchev–Trinajstić information content (AvgIpc) is 3.11. The predicted octanol–water partition coefficient (Wildman–Crippen LogP) is 0.959. The Labute approximate surface area is 200 Å². The lowest BCUT2D eigenvalue weighted by Gasteiger charge is -2.50. The zero-order valence-corrected chi connectivity index (χ0v) is 19.4. The maximum absolute atomic E-state index is 12.8. The molecule has 2 atom stereocenters. The lowest BCUT2D eigenvalue weighted by Crippen LogP contribution is -2.72. The number of thioether (sulfide) groups is 1. The van der Waals surface area contributed by atoms with Crippen LogP contribution >= 0.6 is 34.7 Å². The fraction of sp³-hybridized carbons (Fsp3) is 0.263. The summed E-state index contributed by atoms with van der Waals surface area (Å²) in [5.41, 5.74) is 4.89. The molecule has 4 heterocycles. The van der Waals surface area contributed by atoms with Gasteiger partial charge < -0.3 is 21.4 Å². The summed E-state index contributed by atoms with van der Waals surface area (Å²) in [5.74, 6) is -2.66. The van der Waals surface area contributed by atoms with Crippen LogP contribution in [-0.4, -0.2) is 55.8 Å². The minimum atomic E-state index is -1.22. The number of hydrogen-bond acceptors (Lipinski definition) is 9. The summed E-state index contributed by atoms with van der Waals surface area (Å²) in [4.78, 5) is 44.0. The van der Waals surface area contributed by atoms with Gasteiger partial charge in [-0.15, -0.1) is 0 Å². The van der Waals surface area contributed by atoms with E-state index in [1.165, 1.54) is 16.7 Å². The van der Waals surface area contributed by atoms with Crippen molar-refractivity contribution in [3.63, 3.8) is 0 Å². The molecule has 2 aliphatic heterocycles. The molecule has 1 fully saturated rings. The Morgan fingerprint density at radius 3 is 2.70 bits per heavy atom. The van der Waals surface area contributed by atoms with Crippen molar-refractivity contribution in [3.05, 3.63) is 45.2 Å². The number of pyridine rings is 1. The number of aliphatic carboxylic acids is 1. The number of anilines is 1. The van der Waals surface area contributed by atoms with Gasteiger partial charge in [-0.25, -0.2) is 14.3 Å². The van der Waals surface area contributed by atoms with E-state index in [0.29, 0.717) is 17.7 Å². The van der Waals surface area contributed by atoms with Crippen molar-refractivity contribution in [2.75, 3.05) is 5.73 Å². The van der Waals surface area contributed by atoms with Gasteiger partial charge >= 0.3 is 5.97 Å². The molecule has 0 unspecified atom stereocenters. The normalized spacial score (nSPS) is 20.4. The van der Waals surface area contributed by atoms with Crippen LogP contribution in [0.1, 0.15) is 18.5 Å². The monoisotopic (exact) mass is 509 g/mol. The number of nitrogens with two attached hydrogens (primary N) is 1. The molecule has 33 heavy (non-hydrogen) atoms. The molecule has 2 aromatic heterocycles. The van der Waals surface area contributed by atoms with Gasteiger partial charge in [0, 0.05) is 21.9 Å². The highest BCUT2D eigenvalue weighted by molar-refractivity contribution is 8.03. The van der Waals surface area contributed by atoms with Crippen LogP contribution in [-0.2, 0) is 21.4 Å². The molecule has 172 valence electrons. The second-order valence-corrected chi connectivity index (χ2v) is 10.1. The lowest BCUT2D eigenvalue weighted by atomic mass is 9.86. The van der Waals surface area contributed by atoms with Crippen molar-refractivity contribution in [3.8, 4) is 0 Å². The lowest BCUT2D eigenvalue weighted by molar-refractivity contribution is -0.671. The third-order valence-corrected chi connectivity index (χ3v) is 7.45. The van der Waals surface area contributed by atoms with Crippen LogP contribution in [0.2, 0.25) is 4.34 Å².